The SMILES string of the molecule is CC(C)OCC(=O)Nc1cnc2ccccc2c1. The maximum absolute atomic E-state index is 11.6. The Morgan fingerprint density at radius 2 is 2.17 bits per heavy atom. The third-order valence-corrected chi connectivity index (χ3v) is 2.42. The Kier molecular flexibility index (Phi) is 3.89. The largest absolute Gasteiger partial charge is 0.369 e. The quantitative estimate of drug-likeness (QED) is 0.899. The molecule has 18 heavy (non-hydrogen) atoms. The van der Waals surface area contributed by atoms with E-state index < -0.39 is 0 Å². The summed E-state index contributed by atoms with van der Waals surface area (Å²) in [5, 5.41) is 3.76. The predicted molar refractivity (Wildman–Crippen MR) is 71.5 cm³/mol. The standard InChI is InChI=1S/C14H16N2O2/c1-10(2)18-9-14(17)16-12-7-11-5-3-4-6-13(11)15-8-12/h3-8,10H,9H2,1-2H3,(H,16,17). The second-order valence-electron chi connectivity index (χ2n) is 4.32. The first-order valence-electron chi connectivity index (χ1n) is 5.91. The van der Waals surface area contributed by atoms with Crippen molar-refractivity contribution in [3.05, 3.63) is 36.5 Å². The zero-order valence-corrected chi connectivity index (χ0v) is 10.5. The van der Waals surface area contributed by atoms with Gasteiger partial charge in [-0.1, -0.05) is 18.2 Å². The molecule has 94 valence electrons. The van der Waals surface area contributed by atoms with Crippen LogP contribution in [0.25, 0.3) is 10.9 Å². The minimum absolute atomic E-state index is 0.0467. The third kappa shape index (κ3) is 3.28. The van der Waals surface area contributed by atoms with Crippen molar-refractivity contribution in [3.8, 4) is 0 Å². The van der Waals surface area contributed by atoms with Crippen molar-refractivity contribution in [2.24, 2.45) is 0 Å². The molecule has 0 saturated carbocycles. The van der Waals surface area contributed by atoms with Gasteiger partial charge in [-0.3, -0.25) is 9.78 Å². The van der Waals surface area contributed by atoms with Gasteiger partial charge in [-0.15, -0.1) is 0 Å². The molecule has 0 saturated heterocycles. The fraction of sp³-hybridized carbons (Fsp3) is 0.286. The number of pyridine rings is 1. The van der Waals surface area contributed by atoms with Crippen LogP contribution in [0.1, 0.15) is 13.8 Å². The molecule has 0 spiro atoms. The van der Waals surface area contributed by atoms with Gasteiger partial charge in [0.2, 0.25) is 5.91 Å². The van der Waals surface area contributed by atoms with E-state index in [0.29, 0.717) is 5.69 Å². The lowest BCUT2D eigenvalue weighted by molar-refractivity contribution is -0.121. The zero-order valence-electron chi connectivity index (χ0n) is 10.5. The van der Waals surface area contributed by atoms with E-state index >= 15 is 0 Å². The summed E-state index contributed by atoms with van der Waals surface area (Å²) in [6.45, 7) is 3.85. The number of carbonyl (C=O) groups excluding carboxylic acids is 1. The Morgan fingerprint density at radius 3 is 2.94 bits per heavy atom. The van der Waals surface area contributed by atoms with Crippen LogP contribution in [-0.4, -0.2) is 23.6 Å². The van der Waals surface area contributed by atoms with E-state index in [1.165, 1.54) is 0 Å². The number of ether oxygens (including phenoxy) is 1. The van der Waals surface area contributed by atoms with Crippen molar-refractivity contribution in [1.29, 1.82) is 0 Å². The van der Waals surface area contributed by atoms with Crippen LogP contribution in [0.4, 0.5) is 5.69 Å². The first kappa shape index (κ1) is 12.5. The zero-order chi connectivity index (χ0) is 13.0. The number of carbonyl (C=O) groups is 1. The van der Waals surface area contributed by atoms with Gasteiger partial charge >= 0.3 is 0 Å². The van der Waals surface area contributed by atoms with Gasteiger partial charge in [0.05, 0.1) is 23.5 Å². The average Bonchev–Trinajstić information content (AvgIpc) is 2.36. The van der Waals surface area contributed by atoms with E-state index in [4.69, 9.17) is 4.74 Å². The van der Waals surface area contributed by atoms with Gasteiger partial charge in [-0.05, 0) is 26.0 Å². The lowest BCUT2D eigenvalue weighted by Crippen LogP contribution is -2.20. The Bertz CT molecular complexity index is 552. The highest BCUT2D eigenvalue weighted by atomic mass is 16.5. The number of nitrogens with zero attached hydrogens (tertiary/aromatic N) is 1. The molecule has 1 aromatic carbocycles. The van der Waals surface area contributed by atoms with E-state index in [2.05, 4.69) is 10.3 Å². The number of nitrogens with one attached hydrogen (secondary N) is 1. The van der Waals surface area contributed by atoms with E-state index in [1.54, 1.807) is 6.20 Å². The molecule has 2 rings (SSSR count). The molecule has 2 aromatic rings. The molecule has 0 bridgehead atoms. The monoisotopic (exact) mass is 244 g/mol. The third-order valence-electron chi connectivity index (χ3n) is 2.42. The Balaban J connectivity index is 2.05. The minimum Gasteiger partial charge on any atom is -0.369 e. The molecule has 0 aliphatic heterocycles. The first-order chi connectivity index (χ1) is 8.65. The highest BCUT2D eigenvalue weighted by Crippen LogP contribution is 2.15. The summed E-state index contributed by atoms with van der Waals surface area (Å²) in [5.74, 6) is -0.166. The average molecular weight is 244 g/mol. The van der Waals surface area contributed by atoms with Gasteiger partial charge in [0.15, 0.2) is 0 Å². The Morgan fingerprint density at radius 1 is 1.39 bits per heavy atom. The molecule has 0 atom stereocenters. The summed E-state index contributed by atoms with van der Waals surface area (Å²) in [6.07, 6.45) is 1.70. The molecule has 1 amide bonds. The summed E-state index contributed by atoms with van der Waals surface area (Å²) in [6, 6.07) is 9.67. The van der Waals surface area contributed by atoms with Crippen LogP contribution in [0.2, 0.25) is 0 Å². The molecule has 1 N–H and O–H groups in total. The Hall–Kier alpha value is -1.94. The van der Waals surface area contributed by atoms with E-state index in [1.807, 2.05) is 44.2 Å². The van der Waals surface area contributed by atoms with Crippen molar-refractivity contribution >= 4 is 22.5 Å². The number of anilines is 1. The van der Waals surface area contributed by atoms with E-state index in [-0.39, 0.29) is 18.6 Å². The second-order valence-corrected chi connectivity index (χ2v) is 4.32. The maximum atomic E-state index is 11.6. The van der Waals surface area contributed by atoms with Crippen LogP contribution in [-0.2, 0) is 9.53 Å². The van der Waals surface area contributed by atoms with Crippen LogP contribution >= 0.6 is 0 Å². The molecule has 1 heterocycles. The highest BCUT2D eigenvalue weighted by molar-refractivity contribution is 5.93. The lowest BCUT2D eigenvalue weighted by atomic mass is 10.2. The minimum atomic E-state index is -0.166. The number of benzene rings is 1. The number of fused-ring (bicyclic) bond motifs is 1. The van der Waals surface area contributed by atoms with Crippen molar-refractivity contribution < 1.29 is 9.53 Å². The summed E-state index contributed by atoms with van der Waals surface area (Å²) < 4.78 is 5.23. The molecule has 1 aromatic heterocycles. The Labute approximate surface area is 106 Å². The number of amides is 1. The molecule has 0 aliphatic rings. The van der Waals surface area contributed by atoms with Crippen molar-refractivity contribution in [2.75, 3.05) is 11.9 Å². The molecule has 0 unspecified atom stereocenters. The summed E-state index contributed by atoms with van der Waals surface area (Å²) in [5.41, 5.74) is 1.60. The number of hydrogen-bond acceptors (Lipinski definition) is 3. The van der Waals surface area contributed by atoms with Gasteiger partial charge in [0.1, 0.15) is 6.61 Å². The molecule has 0 aliphatic carbocycles. The topological polar surface area (TPSA) is 51.2 Å². The summed E-state index contributed by atoms with van der Waals surface area (Å²) >= 11 is 0. The van der Waals surface area contributed by atoms with Gasteiger partial charge < -0.3 is 10.1 Å². The molecule has 4 nitrogen and oxygen atoms in total. The highest BCUT2D eigenvalue weighted by Gasteiger charge is 2.05. The van der Waals surface area contributed by atoms with Crippen molar-refractivity contribution in [3.63, 3.8) is 0 Å². The lowest BCUT2D eigenvalue weighted by Gasteiger charge is -2.08. The summed E-state index contributed by atoms with van der Waals surface area (Å²) in [4.78, 5) is 15.9. The van der Waals surface area contributed by atoms with Crippen molar-refractivity contribution in [1.82, 2.24) is 4.98 Å². The van der Waals surface area contributed by atoms with Crippen LogP contribution < -0.4 is 5.32 Å². The number of aromatic nitrogens is 1. The number of rotatable bonds is 4. The van der Waals surface area contributed by atoms with Crippen LogP contribution in [0, 0.1) is 0 Å². The normalized spacial score (nSPS) is 10.8. The van der Waals surface area contributed by atoms with Crippen LogP contribution in [0.15, 0.2) is 36.5 Å². The number of para-hydroxylation sites is 1. The molecule has 0 radical (unpaired) electrons. The molecular formula is C14H16N2O2. The van der Waals surface area contributed by atoms with Crippen LogP contribution in [0.5, 0.6) is 0 Å². The van der Waals surface area contributed by atoms with E-state index in [0.717, 1.165) is 10.9 Å². The molecule has 4 heteroatoms. The van der Waals surface area contributed by atoms with E-state index in [9.17, 15) is 4.79 Å². The summed E-state index contributed by atoms with van der Waals surface area (Å²) in [7, 11) is 0. The fourth-order valence-corrected chi connectivity index (χ4v) is 1.58. The predicted octanol–water partition coefficient (Wildman–Crippen LogP) is 2.60. The molecular weight excluding hydrogens is 228 g/mol. The van der Waals surface area contributed by atoms with Gasteiger partial charge in [0.25, 0.3) is 0 Å². The van der Waals surface area contributed by atoms with Crippen molar-refractivity contribution in [2.45, 2.75) is 20.0 Å². The van der Waals surface area contributed by atoms with Gasteiger partial charge in [0, 0.05) is 5.39 Å². The fourth-order valence-electron chi connectivity index (χ4n) is 1.58. The van der Waals surface area contributed by atoms with Gasteiger partial charge in [-0.2, -0.15) is 0 Å². The van der Waals surface area contributed by atoms with Crippen LogP contribution in [0.3, 0.4) is 0 Å². The molecule has 0 fully saturated rings. The second kappa shape index (κ2) is 5.60. The smallest absolute Gasteiger partial charge is 0.250 e. The maximum Gasteiger partial charge on any atom is 0.250 e. The first-order valence-corrected chi connectivity index (χ1v) is 5.91. The van der Waals surface area contributed by atoms with Gasteiger partial charge in [-0.25, -0.2) is 0 Å². The number of hydrogen-bond donors (Lipinski definition) is 1.